The minimum absolute atomic E-state index is 0.0234. The first kappa shape index (κ1) is 22.4. The molecule has 36 heavy (non-hydrogen) atoms. The highest BCUT2D eigenvalue weighted by molar-refractivity contribution is 7.21. The van der Waals surface area contributed by atoms with E-state index in [1.165, 1.54) is 10.3 Å². The lowest BCUT2D eigenvalue weighted by atomic mass is 9.95. The third kappa shape index (κ3) is 4.57. The second kappa shape index (κ2) is 9.50. The van der Waals surface area contributed by atoms with Gasteiger partial charge in [-0.1, -0.05) is 6.07 Å². The average Bonchev–Trinajstić information content (AvgIpc) is 3.60. The van der Waals surface area contributed by atoms with Gasteiger partial charge in [-0.25, -0.2) is 9.67 Å². The van der Waals surface area contributed by atoms with Crippen LogP contribution in [0.3, 0.4) is 0 Å². The van der Waals surface area contributed by atoms with Crippen LogP contribution in [-0.4, -0.2) is 44.0 Å². The molecular weight excluding hydrogens is 470 g/mol. The van der Waals surface area contributed by atoms with Gasteiger partial charge in [-0.05, 0) is 79.9 Å². The molecule has 9 heteroatoms. The van der Waals surface area contributed by atoms with Crippen molar-refractivity contribution in [2.75, 3.05) is 23.3 Å². The van der Waals surface area contributed by atoms with E-state index in [0.29, 0.717) is 5.82 Å². The Morgan fingerprint density at radius 2 is 1.78 bits per heavy atom. The number of piperidine rings is 1. The van der Waals surface area contributed by atoms with Gasteiger partial charge in [0.25, 0.3) is 0 Å². The number of aryl methyl sites for hydroxylation is 1. The Morgan fingerprint density at radius 3 is 2.50 bits per heavy atom. The van der Waals surface area contributed by atoms with Gasteiger partial charge in [0, 0.05) is 42.7 Å². The van der Waals surface area contributed by atoms with E-state index in [9.17, 15) is 4.79 Å². The van der Waals surface area contributed by atoms with Crippen molar-refractivity contribution in [2.45, 2.75) is 19.8 Å². The number of aromatic nitrogens is 5. The highest BCUT2D eigenvalue weighted by Gasteiger charge is 2.26. The molecule has 3 aromatic heterocycles. The molecule has 0 radical (unpaired) electrons. The summed E-state index contributed by atoms with van der Waals surface area (Å²) in [5, 5.41) is 16.9. The van der Waals surface area contributed by atoms with Crippen LogP contribution in [0, 0.1) is 12.8 Å². The molecule has 1 aliphatic rings. The first-order chi connectivity index (χ1) is 17.6. The quantitative estimate of drug-likeness (QED) is 0.365. The number of anilines is 2. The molecule has 6 rings (SSSR count). The molecule has 1 amide bonds. The number of fused-ring (bicyclic) bond motifs is 1. The number of carbonyl (C=O) groups excluding carboxylic acids is 1. The van der Waals surface area contributed by atoms with Crippen LogP contribution >= 0.6 is 11.3 Å². The monoisotopic (exact) mass is 495 g/mol. The predicted octanol–water partition coefficient (Wildman–Crippen LogP) is 5.10. The zero-order valence-electron chi connectivity index (χ0n) is 19.8. The number of hydrogen-bond donors (Lipinski definition) is 1. The summed E-state index contributed by atoms with van der Waals surface area (Å²) in [5.41, 5.74) is 4.12. The van der Waals surface area contributed by atoms with Crippen molar-refractivity contribution >= 4 is 39.0 Å². The Hall–Kier alpha value is -4.11. The van der Waals surface area contributed by atoms with Crippen LogP contribution in [0.1, 0.15) is 18.4 Å². The van der Waals surface area contributed by atoms with Crippen LogP contribution in [0.2, 0.25) is 0 Å². The number of thiazole rings is 1. The molecular formula is C27H25N7OS. The minimum Gasteiger partial charge on any atom is -0.355 e. The lowest BCUT2D eigenvalue weighted by Crippen LogP contribution is -2.38. The summed E-state index contributed by atoms with van der Waals surface area (Å²) in [6.07, 6.45) is 5.10. The number of nitrogens with one attached hydrogen (secondary N) is 1. The summed E-state index contributed by atoms with van der Waals surface area (Å²) in [7, 11) is 0. The topological polar surface area (TPSA) is 88.8 Å². The van der Waals surface area contributed by atoms with Gasteiger partial charge < -0.3 is 10.2 Å². The van der Waals surface area contributed by atoms with E-state index in [0.717, 1.165) is 53.5 Å². The summed E-state index contributed by atoms with van der Waals surface area (Å²) in [4.78, 5) is 19.8. The van der Waals surface area contributed by atoms with Gasteiger partial charge in [0.1, 0.15) is 5.01 Å². The third-order valence-corrected chi connectivity index (χ3v) is 7.58. The molecule has 0 spiro atoms. The number of benzene rings is 2. The molecule has 5 aromatic rings. The van der Waals surface area contributed by atoms with Crippen LogP contribution < -0.4 is 10.2 Å². The molecule has 0 unspecified atom stereocenters. The predicted molar refractivity (Wildman–Crippen MR) is 143 cm³/mol. The largest absolute Gasteiger partial charge is 0.355 e. The summed E-state index contributed by atoms with van der Waals surface area (Å²) < 4.78 is 2.87. The summed E-state index contributed by atoms with van der Waals surface area (Å²) in [6, 6.07) is 20.0. The first-order valence-electron chi connectivity index (χ1n) is 12.0. The fourth-order valence-electron chi connectivity index (χ4n) is 4.48. The van der Waals surface area contributed by atoms with Crippen molar-refractivity contribution in [3.05, 3.63) is 78.6 Å². The Balaban J connectivity index is 1.05. The maximum Gasteiger partial charge on any atom is 0.227 e. The van der Waals surface area contributed by atoms with Gasteiger partial charge in [-0.15, -0.1) is 21.5 Å². The standard InChI is InChI=1S/C27H25N7OS/c1-18-3-8-22-23(17-18)36-27(30-22)20-4-6-21(7-5-20)29-26(35)19-11-15-33(16-12-19)24-9-10-25(32-31-24)34-14-2-13-28-34/h2-10,13-14,17,19H,11-12,15-16H2,1H3,(H,29,35). The van der Waals surface area contributed by atoms with E-state index in [4.69, 9.17) is 4.98 Å². The van der Waals surface area contributed by atoms with Crippen LogP contribution in [0.25, 0.3) is 26.6 Å². The Morgan fingerprint density at radius 1 is 1.00 bits per heavy atom. The van der Waals surface area contributed by atoms with E-state index < -0.39 is 0 Å². The average molecular weight is 496 g/mol. The first-order valence-corrected chi connectivity index (χ1v) is 12.8. The lowest BCUT2D eigenvalue weighted by Gasteiger charge is -2.31. The van der Waals surface area contributed by atoms with Crippen LogP contribution in [-0.2, 0) is 4.79 Å². The molecule has 0 saturated carbocycles. The molecule has 180 valence electrons. The van der Waals surface area contributed by atoms with Crippen molar-refractivity contribution in [2.24, 2.45) is 5.92 Å². The summed E-state index contributed by atoms with van der Waals surface area (Å²) in [5.74, 6) is 1.55. The normalized spacial score (nSPS) is 14.3. The fraction of sp³-hybridized carbons (Fsp3) is 0.222. The van der Waals surface area contributed by atoms with E-state index in [-0.39, 0.29) is 11.8 Å². The van der Waals surface area contributed by atoms with Crippen molar-refractivity contribution in [1.29, 1.82) is 0 Å². The van der Waals surface area contributed by atoms with Crippen LogP contribution in [0.5, 0.6) is 0 Å². The van der Waals surface area contributed by atoms with Crippen LogP contribution in [0.15, 0.2) is 73.1 Å². The zero-order chi connectivity index (χ0) is 24.5. The van der Waals surface area contributed by atoms with Crippen molar-refractivity contribution < 1.29 is 4.79 Å². The van der Waals surface area contributed by atoms with Crippen molar-refractivity contribution in [3.8, 4) is 16.4 Å². The second-order valence-corrected chi connectivity index (χ2v) is 10.0. The molecule has 0 atom stereocenters. The van der Waals surface area contributed by atoms with Gasteiger partial charge in [-0.3, -0.25) is 4.79 Å². The maximum atomic E-state index is 12.9. The molecule has 1 N–H and O–H groups in total. The van der Waals surface area contributed by atoms with Gasteiger partial charge >= 0.3 is 0 Å². The van der Waals surface area contributed by atoms with Crippen molar-refractivity contribution in [3.63, 3.8) is 0 Å². The Labute approximate surface area is 212 Å². The van der Waals surface area contributed by atoms with Gasteiger partial charge in [-0.2, -0.15) is 5.10 Å². The second-order valence-electron chi connectivity index (χ2n) is 9.02. The SMILES string of the molecule is Cc1ccc2nc(-c3ccc(NC(=O)C4CCN(c5ccc(-n6cccn6)nn5)CC4)cc3)sc2c1. The molecule has 4 heterocycles. The fourth-order valence-corrected chi connectivity index (χ4v) is 5.55. The molecule has 0 aliphatic carbocycles. The molecule has 1 fully saturated rings. The third-order valence-electron chi connectivity index (χ3n) is 6.51. The van der Waals surface area contributed by atoms with Gasteiger partial charge in [0.2, 0.25) is 5.91 Å². The van der Waals surface area contributed by atoms with Crippen LogP contribution in [0.4, 0.5) is 11.5 Å². The van der Waals surface area contributed by atoms with E-state index >= 15 is 0 Å². The highest BCUT2D eigenvalue weighted by atomic mass is 32.1. The maximum absolute atomic E-state index is 12.9. The number of carbonyl (C=O) groups is 1. The number of nitrogens with zero attached hydrogens (tertiary/aromatic N) is 6. The Bertz CT molecular complexity index is 1490. The van der Waals surface area contributed by atoms with Gasteiger partial charge in [0.15, 0.2) is 11.6 Å². The molecule has 2 aromatic carbocycles. The molecule has 1 aliphatic heterocycles. The van der Waals surface area contributed by atoms with Gasteiger partial charge in [0.05, 0.1) is 10.2 Å². The van der Waals surface area contributed by atoms with Crippen molar-refractivity contribution in [1.82, 2.24) is 25.0 Å². The Kier molecular flexibility index (Phi) is 5.90. The molecule has 0 bridgehead atoms. The minimum atomic E-state index is -0.0234. The van der Waals surface area contributed by atoms with E-state index in [1.807, 2.05) is 48.7 Å². The zero-order valence-corrected chi connectivity index (χ0v) is 20.7. The number of amides is 1. The lowest BCUT2D eigenvalue weighted by molar-refractivity contribution is -0.120. The number of rotatable bonds is 5. The summed E-state index contributed by atoms with van der Waals surface area (Å²) in [6.45, 7) is 3.63. The molecule has 1 saturated heterocycles. The smallest absolute Gasteiger partial charge is 0.227 e. The van der Waals surface area contributed by atoms with E-state index in [2.05, 4.69) is 50.6 Å². The molecule has 8 nitrogen and oxygen atoms in total. The summed E-state index contributed by atoms with van der Waals surface area (Å²) >= 11 is 1.69. The van der Waals surface area contributed by atoms with E-state index in [1.54, 1.807) is 22.2 Å². The highest BCUT2D eigenvalue weighted by Crippen LogP contribution is 2.31. The number of hydrogen-bond acceptors (Lipinski definition) is 7.